The summed E-state index contributed by atoms with van der Waals surface area (Å²) in [4.78, 5) is 11.3. The number of hydrogen-bond acceptors (Lipinski definition) is 5. The summed E-state index contributed by atoms with van der Waals surface area (Å²) in [5, 5.41) is 11.8. The van der Waals surface area contributed by atoms with Gasteiger partial charge in [0.15, 0.2) is 5.16 Å². The lowest BCUT2D eigenvalue weighted by atomic mass is 10.1. The number of anilines is 1. The summed E-state index contributed by atoms with van der Waals surface area (Å²) in [6.45, 7) is 6.33. The second kappa shape index (κ2) is 9.41. The third kappa shape index (κ3) is 5.36. The van der Waals surface area contributed by atoms with E-state index in [0.29, 0.717) is 6.61 Å². The third-order valence-electron chi connectivity index (χ3n) is 4.23. The molecule has 7 heteroatoms. The molecular weight excluding hydrogens is 372 g/mol. The Morgan fingerprint density at radius 1 is 1.18 bits per heavy atom. The molecule has 0 unspecified atom stereocenters. The van der Waals surface area contributed by atoms with Crippen LogP contribution in [0.4, 0.5) is 5.69 Å². The minimum Gasteiger partial charge on any atom is -0.494 e. The quantitative estimate of drug-likeness (QED) is 0.451. The molecule has 0 saturated heterocycles. The largest absolute Gasteiger partial charge is 0.494 e. The Labute approximate surface area is 169 Å². The molecule has 0 saturated carbocycles. The first-order chi connectivity index (χ1) is 13.5. The molecule has 1 heterocycles. The van der Waals surface area contributed by atoms with E-state index in [4.69, 9.17) is 4.74 Å². The van der Waals surface area contributed by atoms with Crippen molar-refractivity contribution in [2.75, 3.05) is 17.7 Å². The van der Waals surface area contributed by atoms with Crippen LogP contribution in [0.25, 0.3) is 5.69 Å². The van der Waals surface area contributed by atoms with Crippen molar-refractivity contribution in [3.05, 3.63) is 59.9 Å². The Balaban J connectivity index is 1.53. The van der Waals surface area contributed by atoms with E-state index in [9.17, 15) is 4.79 Å². The molecule has 3 rings (SSSR count). The normalized spacial score (nSPS) is 10.7. The van der Waals surface area contributed by atoms with Crippen LogP contribution in [0.15, 0.2) is 53.9 Å². The first kappa shape index (κ1) is 19.9. The Bertz CT molecular complexity index is 955. The molecule has 28 heavy (non-hydrogen) atoms. The fourth-order valence-corrected chi connectivity index (χ4v) is 3.49. The van der Waals surface area contributed by atoms with Crippen LogP contribution in [0.5, 0.6) is 5.75 Å². The van der Waals surface area contributed by atoms with Crippen LogP contribution in [0, 0.1) is 13.8 Å². The highest BCUT2D eigenvalue weighted by Crippen LogP contribution is 2.22. The number of hydrogen-bond donors (Lipinski definition) is 1. The van der Waals surface area contributed by atoms with E-state index < -0.39 is 0 Å². The Kier molecular flexibility index (Phi) is 6.71. The van der Waals surface area contributed by atoms with Gasteiger partial charge in [-0.05, 0) is 61.7 Å². The van der Waals surface area contributed by atoms with E-state index in [1.54, 1.807) is 18.1 Å². The number of thioether (sulfide) groups is 1. The van der Waals surface area contributed by atoms with Crippen molar-refractivity contribution < 1.29 is 9.53 Å². The molecule has 0 atom stereocenters. The van der Waals surface area contributed by atoms with Crippen molar-refractivity contribution in [1.29, 1.82) is 0 Å². The summed E-state index contributed by atoms with van der Waals surface area (Å²) in [5.74, 6) is 1.68. The minimum absolute atomic E-state index is 0.0979. The van der Waals surface area contributed by atoms with Crippen molar-refractivity contribution in [3.63, 3.8) is 0 Å². The van der Waals surface area contributed by atoms with Gasteiger partial charge in [-0.25, -0.2) is 0 Å². The lowest BCUT2D eigenvalue weighted by Crippen LogP contribution is -2.06. The summed E-state index contributed by atoms with van der Waals surface area (Å²) < 4.78 is 7.75. The molecule has 0 radical (unpaired) electrons. The van der Waals surface area contributed by atoms with Gasteiger partial charge in [0.25, 0.3) is 0 Å². The predicted octanol–water partition coefficient (Wildman–Crippen LogP) is 4.40. The van der Waals surface area contributed by atoms with Gasteiger partial charge < -0.3 is 10.1 Å². The van der Waals surface area contributed by atoms with Crippen LogP contribution in [-0.4, -0.2) is 33.0 Å². The van der Waals surface area contributed by atoms with Gasteiger partial charge >= 0.3 is 0 Å². The van der Waals surface area contributed by atoms with Crippen molar-refractivity contribution in [3.8, 4) is 11.4 Å². The third-order valence-corrected chi connectivity index (χ3v) is 5.26. The lowest BCUT2D eigenvalue weighted by molar-refractivity contribution is -0.114. The smallest absolute Gasteiger partial charge is 0.221 e. The molecule has 0 aliphatic heterocycles. The maximum atomic E-state index is 11.3. The average Bonchev–Trinajstić information content (AvgIpc) is 3.12. The number of ether oxygens (including phenoxy) is 1. The highest BCUT2D eigenvalue weighted by atomic mass is 32.2. The number of carbonyl (C=O) groups excluding carboxylic acids is 1. The van der Waals surface area contributed by atoms with E-state index >= 15 is 0 Å². The first-order valence-corrected chi connectivity index (χ1v) is 10.1. The fourth-order valence-electron chi connectivity index (χ4n) is 2.65. The fraction of sp³-hybridized carbons (Fsp3) is 0.286. The summed E-state index contributed by atoms with van der Waals surface area (Å²) in [6.07, 6.45) is 2.58. The van der Waals surface area contributed by atoms with E-state index in [1.165, 1.54) is 18.1 Å². The van der Waals surface area contributed by atoms with Crippen LogP contribution in [0.1, 0.15) is 24.5 Å². The van der Waals surface area contributed by atoms with Crippen LogP contribution in [0.3, 0.4) is 0 Å². The Hall–Kier alpha value is -2.80. The van der Waals surface area contributed by atoms with Gasteiger partial charge in [-0.2, -0.15) is 0 Å². The molecule has 1 aromatic heterocycles. The van der Waals surface area contributed by atoms with Gasteiger partial charge in [0, 0.05) is 18.4 Å². The number of carbonyl (C=O) groups is 1. The van der Waals surface area contributed by atoms with Gasteiger partial charge in [0.1, 0.15) is 12.1 Å². The van der Waals surface area contributed by atoms with E-state index in [2.05, 4.69) is 41.5 Å². The number of aromatic nitrogens is 3. The highest BCUT2D eigenvalue weighted by Gasteiger charge is 2.08. The maximum absolute atomic E-state index is 11.3. The zero-order valence-electron chi connectivity index (χ0n) is 16.3. The molecule has 0 aliphatic rings. The monoisotopic (exact) mass is 396 g/mol. The maximum Gasteiger partial charge on any atom is 0.221 e. The number of rotatable bonds is 8. The van der Waals surface area contributed by atoms with Gasteiger partial charge in [-0.15, -0.1) is 10.2 Å². The Morgan fingerprint density at radius 2 is 2.04 bits per heavy atom. The van der Waals surface area contributed by atoms with Crippen molar-refractivity contribution >= 4 is 23.4 Å². The van der Waals surface area contributed by atoms with Crippen LogP contribution in [0.2, 0.25) is 0 Å². The van der Waals surface area contributed by atoms with Crippen molar-refractivity contribution in [2.45, 2.75) is 32.3 Å². The number of nitrogens with one attached hydrogen (secondary N) is 1. The molecule has 1 amide bonds. The minimum atomic E-state index is -0.0979. The molecule has 146 valence electrons. The lowest BCUT2D eigenvalue weighted by Gasteiger charge is -2.10. The zero-order valence-corrected chi connectivity index (χ0v) is 17.1. The summed E-state index contributed by atoms with van der Waals surface area (Å²) in [7, 11) is 0. The van der Waals surface area contributed by atoms with E-state index in [-0.39, 0.29) is 5.91 Å². The number of benzene rings is 2. The average molecular weight is 397 g/mol. The molecule has 6 nitrogen and oxygen atoms in total. The molecule has 0 aliphatic carbocycles. The molecule has 0 spiro atoms. The number of nitrogens with zero attached hydrogens (tertiary/aromatic N) is 3. The van der Waals surface area contributed by atoms with E-state index in [1.807, 2.05) is 34.9 Å². The number of aryl methyl sites for hydroxylation is 2. The molecular formula is C21H24N4O2S. The standard InChI is InChI=1S/C21H24N4O2S/c1-15-8-9-20(12-16(15)2)27-10-5-11-28-21-24-22-14-25(21)19-7-4-6-18(13-19)23-17(3)26/h4,6-9,12-14H,5,10-11H2,1-3H3,(H,23,26). The second-order valence-electron chi connectivity index (χ2n) is 6.51. The Morgan fingerprint density at radius 3 is 2.82 bits per heavy atom. The van der Waals surface area contributed by atoms with Crippen molar-refractivity contribution in [2.24, 2.45) is 0 Å². The topological polar surface area (TPSA) is 69.0 Å². The zero-order chi connectivity index (χ0) is 19.9. The van der Waals surface area contributed by atoms with Gasteiger partial charge in [-0.3, -0.25) is 9.36 Å². The SMILES string of the molecule is CC(=O)Nc1cccc(-n2cnnc2SCCCOc2ccc(C)c(C)c2)c1. The molecule has 0 fully saturated rings. The molecule has 0 bridgehead atoms. The predicted molar refractivity (Wildman–Crippen MR) is 112 cm³/mol. The highest BCUT2D eigenvalue weighted by molar-refractivity contribution is 7.99. The van der Waals surface area contributed by atoms with Crippen LogP contribution >= 0.6 is 11.8 Å². The second-order valence-corrected chi connectivity index (χ2v) is 7.57. The van der Waals surface area contributed by atoms with Gasteiger partial charge in [0.2, 0.25) is 5.91 Å². The first-order valence-electron chi connectivity index (χ1n) is 9.14. The van der Waals surface area contributed by atoms with Gasteiger partial charge in [0.05, 0.1) is 12.3 Å². The van der Waals surface area contributed by atoms with Gasteiger partial charge in [-0.1, -0.05) is 23.9 Å². The molecule has 3 aromatic rings. The van der Waals surface area contributed by atoms with E-state index in [0.717, 1.165) is 34.5 Å². The summed E-state index contributed by atoms with van der Waals surface area (Å²) >= 11 is 1.63. The molecule has 1 N–H and O–H groups in total. The van der Waals surface area contributed by atoms with Crippen molar-refractivity contribution in [1.82, 2.24) is 14.8 Å². The number of amides is 1. The molecule has 2 aromatic carbocycles. The summed E-state index contributed by atoms with van der Waals surface area (Å²) in [6, 6.07) is 13.8. The van der Waals surface area contributed by atoms with Crippen LogP contribution < -0.4 is 10.1 Å². The summed E-state index contributed by atoms with van der Waals surface area (Å²) in [5.41, 5.74) is 4.16. The van der Waals surface area contributed by atoms with Crippen LogP contribution in [-0.2, 0) is 4.79 Å².